The molecule has 0 aromatic heterocycles. The standard InChI is InChI=1S/C16H20BFO4/c1-15(2)16(3,4)22-17(21-15)13(10-20)7-11-5-6-12(9-19)14(18)8-11/h5-9,20H,10H2,1-4H3. The van der Waals surface area contributed by atoms with Crippen LogP contribution in [0.2, 0.25) is 0 Å². The molecule has 0 atom stereocenters. The van der Waals surface area contributed by atoms with Crippen LogP contribution >= 0.6 is 0 Å². The van der Waals surface area contributed by atoms with E-state index in [9.17, 15) is 14.3 Å². The summed E-state index contributed by atoms with van der Waals surface area (Å²) in [6.07, 6.45) is 2.07. The lowest BCUT2D eigenvalue weighted by molar-refractivity contribution is 0.00578. The maximum atomic E-state index is 13.6. The van der Waals surface area contributed by atoms with Crippen molar-refractivity contribution in [1.82, 2.24) is 0 Å². The Bertz CT molecular complexity index is 594. The summed E-state index contributed by atoms with van der Waals surface area (Å²) in [7, 11) is -0.691. The van der Waals surface area contributed by atoms with E-state index < -0.39 is 24.1 Å². The Morgan fingerprint density at radius 3 is 2.32 bits per heavy atom. The van der Waals surface area contributed by atoms with Gasteiger partial charge in [0.25, 0.3) is 0 Å². The molecule has 0 amide bonds. The van der Waals surface area contributed by atoms with E-state index in [0.717, 1.165) is 0 Å². The predicted octanol–water partition coefficient (Wildman–Crippen LogP) is 2.65. The molecule has 118 valence electrons. The Morgan fingerprint density at radius 2 is 1.86 bits per heavy atom. The van der Waals surface area contributed by atoms with Crippen LogP contribution in [-0.2, 0) is 9.31 Å². The molecule has 2 rings (SSSR count). The summed E-state index contributed by atoms with van der Waals surface area (Å²) in [6.45, 7) is 7.40. The van der Waals surface area contributed by atoms with Gasteiger partial charge in [-0.15, -0.1) is 0 Å². The van der Waals surface area contributed by atoms with Crippen LogP contribution in [0.3, 0.4) is 0 Å². The molecule has 0 aliphatic carbocycles. The number of halogens is 1. The van der Waals surface area contributed by atoms with Crippen molar-refractivity contribution < 1.29 is 23.6 Å². The first-order valence-corrected chi connectivity index (χ1v) is 7.12. The Labute approximate surface area is 130 Å². The van der Waals surface area contributed by atoms with E-state index in [1.54, 1.807) is 12.1 Å². The number of hydrogen-bond acceptors (Lipinski definition) is 4. The third kappa shape index (κ3) is 3.14. The first-order chi connectivity index (χ1) is 10.2. The molecule has 1 N–H and O–H groups in total. The van der Waals surface area contributed by atoms with Gasteiger partial charge in [0.1, 0.15) is 5.82 Å². The van der Waals surface area contributed by atoms with E-state index in [0.29, 0.717) is 17.3 Å². The fraction of sp³-hybridized carbons (Fsp3) is 0.438. The third-order valence-electron chi connectivity index (χ3n) is 4.24. The molecule has 0 bridgehead atoms. The van der Waals surface area contributed by atoms with Gasteiger partial charge in [-0.1, -0.05) is 12.1 Å². The highest BCUT2D eigenvalue weighted by Crippen LogP contribution is 2.38. The Morgan fingerprint density at radius 1 is 1.27 bits per heavy atom. The average Bonchev–Trinajstić information content (AvgIpc) is 2.65. The fourth-order valence-electron chi connectivity index (χ4n) is 2.13. The average molecular weight is 306 g/mol. The van der Waals surface area contributed by atoms with Crippen molar-refractivity contribution >= 4 is 19.5 Å². The summed E-state index contributed by atoms with van der Waals surface area (Å²) in [6, 6.07) is 4.24. The van der Waals surface area contributed by atoms with Gasteiger partial charge in [0.05, 0.1) is 23.4 Å². The zero-order valence-corrected chi connectivity index (χ0v) is 13.2. The number of benzene rings is 1. The molecular weight excluding hydrogens is 286 g/mol. The van der Waals surface area contributed by atoms with Crippen molar-refractivity contribution in [3.8, 4) is 0 Å². The molecule has 1 fully saturated rings. The topological polar surface area (TPSA) is 55.8 Å². The van der Waals surface area contributed by atoms with Crippen LogP contribution < -0.4 is 0 Å². The number of rotatable bonds is 4. The second-order valence-corrected chi connectivity index (χ2v) is 6.36. The number of aliphatic hydroxyl groups excluding tert-OH is 1. The highest BCUT2D eigenvalue weighted by atomic mass is 19.1. The summed E-state index contributed by atoms with van der Waals surface area (Å²) in [4.78, 5) is 10.6. The third-order valence-corrected chi connectivity index (χ3v) is 4.24. The van der Waals surface area contributed by atoms with E-state index in [2.05, 4.69) is 0 Å². The Hall–Kier alpha value is -1.50. The lowest BCUT2D eigenvalue weighted by Crippen LogP contribution is -2.41. The van der Waals surface area contributed by atoms with Crippen molar-refractivity contribution in [1.29, 1.82) is 0 Å². The van der Waals surface area contributed by atoms with Gasteiger partial charge < -0.3 is 14.4 Å². The predicted molar refractivity (Wildman–Crippen MR) is 82.9 cm³/mol. The Balaban J connectivity index is 2.29. The molecule has 1 heterocycles. The highest BCUT2D eigenvalue weighted by molar-refractivity contribution is 6.55. The SMILES string of the molecule is CC1(C)OB(C(=Cc2ccc(C=O)c(F)c2)CO)OC1(C)C. The second kappa shape index (κ2) is 5.95. The summed E-state index contributed by atoms with van der Waals surface area (Å²) in [5.74, 6) is -0.602. The molecule has 4 nitrogen and oxygen atoms in total. The first-order valence-electron chi connectivity index (χ1n) is 7.12. The maximum absolute atomic E-state index is 13.6. The van der Waals surface area contributed by atoms with E-state index in [4.69, 9.17) is 9.31 Å². The van der Waals surface area contributed by atoms with Crippen LogP contribution in [0.5, 0.6) is 0 Å². The van der Waals surface area contributed by atoms with E-state index in [1.807, 2.05) is 27.7 Å². The zero-order chi connectivity index (χ0) is 16.5. The van der Waals surface area contributed by atoms with Crippen LogP contribution in [0, 0.1) is 5.82 Å². The molecule has 1 aromatic carbocycles. The maximum Gasteiger partial charge on any atom is 0.492 e. The van der Waals surface area contributed by atoms with Gasteiger partial charge in [-0.3, -0.25) is 4.79 Å². The molecule has 0 spiro atoms. The molecule has 0 saturated carbocycles. The second-order valence-electron chi connectivity index (χ2n) is 6.36. The van der Waals surface area contributed by atoms with Crippen molar-refractivity contribution in [2.24, 2.45) is 0 Å². The van der Waals surface area contributed by atoms with Crippen LogP contribution in [-0.4, -0.2) is 36.3 Å². The van der Waals surface area contributed by atoms with Gasteiger partial charge in [-0.05, 0) is 50.9 Å². The largest absolute Gasteiger partial charge is 0.492 e. The number of carbonyl (C=O) groups is 1. The number of aliphatic hydroxyl groups is 1. The molecule has 1 aliphatic heterocycles. The molecule has 1 aliphatic rings. The zero-order valence-electron chi connectivity index (χ0n) is 13.2. The van der Waals surface area contributed by atoms with Crippen molar-refractivity contribution in [2.45, 2.75) is 38.9 Å². The summed E-state index contributed by atoms with van der Waals surface area (Å²) in [5.41, 5.74) is -0.00556. The summed E-state index contributed by atoms with van der Waals surface area (Å²) in [5, 5.41) is 9.58. The highest BCUT2D eigenvalue weighted by Gasteiger charge is 2.52. The van der Waals surface area contributed by atoms with Crippen molar-refractivity contribution in [3.63, 3.8) is 0 Å². The number of carbonyl (C=O) groups excluding carboxylic acids is 1. The minimum atomic E-state index is -0.691. The molecule has 0 radical (unpaired) electrons. The fourth-order valence-corrected chi connectivity index (χ4v) is 2.13. The molecule has 1 saturated heterocycles. The number of hydrogen-bond donors (Lipinski definition) is 1. The van der Waals surface area contributed by atoms with Gasteiger partial charge in [-0.25, -0.2) is 4.39 Å². The first kappa shape index (κ1) is 16.9. The van der Waals surface area contributed by atoms with Gasteiger partial charge in [0.15, 0.2) is 6.29 Å². The van der Waals surface area contributed by atoms with E-state index in [-0.39, 0.29) is 12.2 Å². The van der Waals surface area contributed by atoms with Crippen LogP contribution in [0.15, 0.2) is 23.7 Å². The summed E-state index contributed by atoms with van der Waals surface area (Å²) < 4.78 is 25.4. The van der Waals surface area contributed by atoms with Gasteiger partial charge >= 0.3 is 7.12 Å². The van der Waals surface area contributed by atoms with Crippen LogP contribution in [0.4, 0.5) is 4.39 Å². The van der Waals surface area contributed by atoms with E-state index in [1.165, 1.54) is 12.1 Å². The van der Waals surface area contributed by atoms with Crippen LogP contribution in [0.25, 0.3) is 6.08 Å². The van der Waals surface area contributed by atoms with Gasteiger partial charge in [0.2, 0.25) is 0 Å². The van der Waals surface area contributed by atoms with E-state index >= 15 is 0 Å². The van der Waals surface area contributed by atoms with Crippen LogP contribution in [0.1, 0.15) is 43.6 Å². The Kier molecular flexibility index (Phi) is 4.56. The van der Waals surface area contributed by atoms with Gasteiger partial charge in [0, 0.05) is 0 Å². The lowest BCUT2D eigenvalue weighted by Gasteiger charge is -2.32. The quantitative estimate of drug-likeness (QED) is 0.686. The lowest BCUT2D eigenvalue weighted by atomic mass is 9.77. The summed E-state index contributed by atoms with van der Waals surface area (Å²) >= 11 is 0. The minimum Gasteiger partial charge on any atom is -0.400 e. The normalized spacial score (nSPS) is 20.3. The van der Waals surface area contributed by atoms with Crippen molar-refractivity contribution in [3.05, 3.63) is 40.6 Å². The number of aldehydes is 1. The minimum absolute atomic E-state index is 0.00154. The monoisotopic (exact) mass is 306 g/mol. The smallest absolute Gasteiger partial charge is 0.400 e. The van der Waals surface area contributed by atoms with Gasteiger partial charge in [-0.2, -0.15) is 0 Å². The van der Waals surface area contributed by atoms with Crippen molar-refractivity contribution in [2.75, 3.05) is 6.61 Å². The molecule has 6 heteroatoms. The molecular formula is C16H20BFO4. The molecule has 1 aromatic rings. The molecule has 22 heavy (non-hydrogen) atoms. The molecule has 0 unspecified atom stereocenters.